The minimum absolute atomic E-state index is 0.206. The quantitative estimate of drug-likeness (QED) is 0.261. The molecule has 0 fully saturated rings. The Kier molecular flexibility index (Phi) is 4.90. The first-order valence-corrected chi connectivity index (χ1v) is 13.1. The Labute approximate surface area is 137 Å². The number of hydrogen-bond donors (Lipinski definition) is 0. The summed E-state index contributed by atoms with van der Waals surface area (Å²) in [6.07, 6.45) is 0.253. The van der Waals surface area contributed by atoms with Gasteiger partial charge in [-0.2, -0.15) is 13.2 Å². The molecule has 0 spiro atoms. The molecule has 0 aliphatic heterocycles. The number of aryl methyl sites for hydroxylation is 1. The van der Waals surface area contributed by atoms with Gasteiger partial charge in [-0.15, -0.1) is 48.8 Å². The average Bonchev–Trinajstić information content (AvgIpc) is 2.23. The first kappa shape index (κ1) is 20.2. The van der Waals surface area contributed by atoms with E-state index in [-0.39, 0.29) is 12.5 Å². The maximum atomic E-state index is 13.0. The zero-order valence-electron chi connectivity index (χ0n) is 10.6. The molecular weight excluding hydrogens is 420 g/mol. The molecule has 0 N–H and O–H groups in total. The summed E-state index contributed by atoms with van der Waals surface area (Å²) in [5.41, 5.74) is -7.22. The highest BCUT2D eigenvalue weighted by Crippen LogP contribution is 3.04. The van der Waals surface area contributed by atoms with E-state index in [9.17, 15) is 28.7 Å². The molecule has 130 valence electrons. The van der Waals surface area contributed by atoms with Crippen molar-refractivity contribution >= 4 is 49.1 Å². The van der Waals surface area contributed by atoms with Gasteiger partial charge in [0, 0.05) is 0 Å². The molecule has 0 nitrogen and oxygen atoms in total. The molecule has 1 aromatic rings. The van der Waals surface area contributed by atoms with E-state index in [4.69, 9.17) is 33.2 Å². The highest BCUT2D eigenvalue weighted by molar-refractivity contribution is 8.49. The van der Waals surface area contributed by atoms with E-state index < -0.39 is 32.7 Å². The second kappa shape index (κ2) is 5.34. The third kappa shape index (κ3) is 5.09. The molecule has 1 aromatic carbocycles. The van der Waals surface area contributed by atoms with Crippen molar-refractivity contribution in [3.63, 3.8) is 0 Å². The fourth-order valence-corrected chi connectivity index (χ4v) is 3.95. The van der Waals surface area contributed by atoms with Crippen LogP contribution in [0.1, 0.15) is 11.1 Å². The second-order valence-electron chi connectivity index (χ2n) is 4.76. The Morgan fingerprint density at radius 2 is 1.27 bits per heavy atom. The van der Waals surface area contributed by atoms with Gasteiger partial charge in [0.25, 0.3) is 9.84 Å². The van der Waals surface area contributed by atoms with Crippen LogP contribution in [-0.2, 0) is 12.2 Å². The Morgan fingerprint density at radius 1 is 0.864 bits per heavy atom. The molecule has 0 amide bonds. The lowest BCUT2D eigenvalue weighted by atomic mass is 10.1. The van der Waals surface area contributed by atoms with Crippen molar-refractivity contribution in [2.75, 3.05) is 0 Å². The van der Waals surface area contributed by atoms with Crippen molar-refractivity contribution in [2.45, 2.75) is 23.7 Å². The fourth-order valence-electron chi connectivity index (χ4n) is 1.51. The molecule has 22 heavy (non-hydrogen) atoms. The monoisotopic (exact) mass is 428 g/mol. The Balaban J connectivity index is 2.94. The molecule has 0 unspecified atom stereocenters. The van der Waals surface area contributed by atoms with Gasteiger partial charge >= 0.3 is 11.5 Å². The molecular formula is C10H10Cl3F7SSi. The first-order valence-electron chi connectivity index (χ1n) is 5.63. The van der Waals surface area contributed by atoms with Gasteiger partial charge in [-0.25, -0.2) is 0 Å². The minimum Gasteiger partial charge on any atom is -0.155 e. The molecule has 0 atom stereocenters. The van der Waals surface area contributed by atoms with Crippen molar-refractivity contribution in [3.05, 3.63) is 35.4 Å². The van der Waals surface area contributed by atoms with Crippen LogP contribution in [0.3, 0.4) is 0 Å². The van der Waals surface area contributed by atoms with Gasteiger partial charge in [-0.3, -0.25) is 0 Å². The second-order valence-corrected chi connectivity index (χ2v) is 17.3. The van der Waals surface area contributed by atoms with Gasteiger partial charge in [0.1, 0.15) is 0 Å². The van der Waals surface area contributed by atoms with Crippen molar-refractivity contribution in [2.24, 2.45) is 0 Å². The lowest BCUT2D eigenvalue weighted by Crippen LogP contribution is -2.33. The van der Waals surface area contributed by atoms with Crippen LogP contribution in [0.2, 0.25) is 6.04 Å². The first-order chi connectivity index (χ1) is 9.43. The lowest BCUT2D eigenvalue weighted by molar-refractivity contribution is -0.0712. The van der Waals surface area contributed by atoms with Crippen molar-refractivity contribution in [3.8, 4) is 0 Å². The molecule has 0 aromatic heterocycles. The topological polar surface area (TPSA) is 0 Å². The maximum Gasteiger partial charge on any atom is 0.506 e. The number of benzene rings is 1. The van der Waals surface area contributed by atoms with E-state index in [0.717, 1.165) is 24.3 Å². The molecule has 0 aliphatic rings. The number of rotatable bonds is 5. The van der Waals surface area contributed by atoms with Crippen LogP contribution in [0.4, 0.5) is 28.7 Å². The third-order valence-electron chi connectivity index (χ3n) is 2.69. The van der Waals surface area contributed by atoms with E-state index in [2.05, 4.69) is 0 Å². The number of hydrogen-bond acceptors (Lipinski definition) is 0. The molecule has 0 saturated carbocycles. The van der Waals surface area contributed by atoms with Crippen LogP contribution in [0.25, 0.3) is 0 Å². The fraction of sp³-hybridized carbons (Fsp3) is 0.400. The van der Waals surface area contributed by atoms with Gasteiger partial charge in [-0.1, -0.05) is 24.3 Å². The van der Waals surface area contributed by atoms with Gasteiger partial charge in [0.2, 0.25) is 0 Å². The summed E-state index contributed by atoms with van der Waals surface area (Å²) < 4.78 is 88.4. The van der Waals surface area contributed by atoms with Crippen LogP contribution >= 0.6 is 43.1 Å². The Morgan fingerprint density at radius 3 is 1.64 bits per heavy atom. The zero-order valence-corrected chi connectivity index (χ0v) is 14.7. The van der Waals surface area contributed by atoms with Crippen LogP contribution in [-0.4, -0.2) is 11.5 Å². The Hall–Kier alpha value is 0.167. The molecule has 0 aliphatic carbocycles. The smallest absolute Gasteiger partial charge is 0.155 e. The zero-order chi connectivity index (χ0) is 17.5. The number of halogens is 10. The minimum atomic E-state index is -10.2. The van der Waals surface area contributed by atoms with Crippen molar-refractivity contribution in [1.82, 2.24) is 0 Å². The molecule has 12 heteroatoms. The van der Waals surface area contributed by atoms with E-state index in [1.807, 2.05) is 0 Å². The highest BCUT2D eigenvalue weighted by Gasteiger charge is 2.82. The van der Waals surface area contributed by atoms with Gasteiger partial charge in [0.15, 0.2) is 0 Å². The largest absolute Gasteiger partial charge is 0.506 e. The van der Waals surface area contributed by atoms with Crippen LogP contribution in [0, 0.1) is 0 Å². The summed E-state index contributed by atoms with van der Waals surface area (Å²) in [7, 11) is -10.2. The molecule has 0 radical (unpaired) electrons. The average molecular weight is 430 g/mol. The van der Waals surface area contributed by atoms with E-state index >= 15 is 0 Å². The van der Waals surface area contributed by atoms with Gasteiger partial charge < -0.3 is 0 Å². The predicted octanol–water partition coefficient (Wildman–Crippen LogP) is 7.32. The molecule has 1 rings (SSSR count). The SMILES string of the molecule is FC(F)(F)S(F)(F)(F)(F)Cc1ccc(CC[Si](Cl)(Cl)Cl)cc1. The van der Waals surface area contributed by atoms with Crippen LogP contribution in [0.15, 0.2) is 24.3 Å². The van der Waals surface area contributed by atoms with Crippen LogP contribution in [0.5, 0.6) is 0 Å². The number of alkyl halides is 3. The highest BCUT2D eigenvalue weighted by atomic mass is 35.8. The Bertz CT molecular complexity index is 546. The maximum absolute atomic E-state index is 13.0. The van der Waals surface area contributed by atoms with Gasteiger partial charge in [0.05, 0.1) is 5.75 Å². The van der Waals surface area contributed by atoms with Crippen molar-refractivity contribution in [1.29, 1.82) is 0 Å². The molecule has 0 bridgehead atoms. The lowest BCUT2D eigenvalue weighted by Gasteiger charge is -2.50. The van der Waals surface area contributed by atoms with E-state index in [1.54, 1.807) is 0 Å². The third-order valence-corrected chi connectivity index (χ3v) is 7.15. The van der Waals surface area contributed by atoms with E-state index in [0.29, 0.717) is 5.56 Å². The summed E-state index contributed by atoms with van der Waals surface area (Å²) in [5.74, 6) is -2.66. The molecule has 0 saturated heterocycles. The van der Waals surface area contributed by atoms with Crippen molar-refractivity contribution < 1.29 is 28.7 Å². The van der Waals surface area contributed by atoms with Crippen LogP contribution < -0.4 is 0 Å². The summed E-state index contributed by atoms with van der Waals surface area (Å²) >= 11 is 16.9. The molecule has 0 heterocycles. The van der Waals surface area contributed by atoms with E-state index in [1.165, 1.54) is 0 Å². The van der Waals surface area contributed by atoms with Gasteiger partial charge in [-0.05, 0) is 23.6 Å². The standard InChI is InChI=1S/C10H10Cl3F7SSi/c11-22(12,13)6-5-8-1-3-9(4-2-8)7-21(17,18,19,20)10(14,15)16/h1-4H,5-7H2. The summed E-state index contributed by atoms with van der Waals surface area (Å²) in [4.78, 5) is 0. The predicted molar refractivity (Wildman–Crippen MR) is 80.0 cm³/mol. The summed E-state index contributed by atoms with van der Waals surface area (Å²) in [6, 6.07) is 1.20. The summed E-state index contributed by atoms with van der Waals surface area (Å²) in [6.45, 7) is 0. The normalized spacial score (nSPS) is 17.0. The summed E-state index contributed by atoms with van der Waals surface area (Å²) in [5, 5.41) is 0.